The Bertz CT molecular complexity index is 1060. The lowest BCUT2D eigenvalue weighted by Crippen LogP contribution is -2.63. The van der Waals surface area contributed by atoms with Crippen molar-refractivity contribution in [1.29, 1.82) is 0 Å². The van der Waals surface area contributed by atoms with Crippen LogP contribution < -0.4 is 0 Å². The Balaban J connectivity index is 3.06. The van der Waals surface area contributed by atoms with E-state index in [-0.39, 0.29) is 6.92 Å². The molecule has 0 spiro atoms. The predicted molar refractivity (Wildman–Crippen MR) is 122 cm³/mol. The molecule has 0 saturated heterocycles. The number of ether oxygens (including phenoxy) is 5. The molecule has 0 N–H and O–H groups in total. The lowest BCUT2D eigenvalue weighted by atomic mass is 9.63. The first-order valence-corrected chi connectivity index (χ1v) is 13.4. The van der Waals surface area contributed by atoms with Crippen molar-refractivity contribution in [3.8, 4) is 0 Å². The second-order valence-electron chi connectivity index (χ2n) is 11.6. The molecule has 0 radical (unpaired) electrons. The van der Waals surface area contributed by atoms with Crippen molar-refractivity contribution in [3.05, 3.63) is 0 Å². The minimum absolute atomic E-state index is 0.0732. The van der Waals surface area contributed by atoms with Gasteiger partial charge in [0.05, 0.1) is 0 Å². The van der Waals surface area contributed by atoms with Crippen LogP contribution in [0.2, 0.25) is 0 Å². The third-order valence-corrected chi connectivity index (χ3v) is 9.23. The van der Waals surface area contributed by atoms with Gasteiger partial charge in [0.25, 0.3) is 5.60 Å². The highest BCUT2D eigenvalue weighted by molar-refractivity contribution is 5.66. The molecule has 6 nitrogen and oxygen atoms in total. The molecule has 0 aromatic heterocycles. The monoisotopic (exact) mass is 730 g/mol. The molecule has 0 heterocycles. The predicted octanol–water partition coefficient (Wildman–Crippen LogP) is 7.91. The molecule has 0 aliphatic heterocycles. The minimum Gasteiger partial charge on any atom is -0.440 e. The molecule has 2 saturated carbocycles. The topological polar surface area (TPSA) is 63.2 Å². The molecule has 2 fully saturated rings. The van der Waals surface area contributed by atoms with Gasteiger partial charge in [0, 0.05) is 33.5 Å². The van der Waals surface area contributed by atoms with E-state index < -0.39 is 122 Å². The summed E-state index contributed by atoms with van der Waals surface area (Å²) >= 11 is 0. The fourth-order valence-electron chi connectivity index (χ4n) is 7.31. The maximum absolute atomic E-state index is 16.2. The van der Waals surface area contributed by atoms with Crippen LogP contribution in [0.3, 0.4) is 0 Å². The van der Waals surface area contributed by atoms with Crippen molar-refractivity contribution in [3.63, 3.8) is 0 Å². The average molecular weight is 730 g/mol. The summed E-state index contributed by atoms with van der Waals surface area (Å²) in [5.74, 6) is -24.1. The van der Waals surface area contributed by atoms with E-state index in [9.17, 15) is 70.7 Å². The van der Waals surface area contributed by atoms with E-state index in [0.29, 0.717) is 14.2 Å². The maximum atomic E-state index is 16.2. The van der Waals surface area contributed by atoms with Crippen LogP contribution in [0, 0.1) is 41.4 Å². The molecule has 2 bridgehead atoms. The molecule has 0 amide bonds. The van der Waals surface area contributed by atoms with Crippen molar-refractivity contribution >= 4 is 5.97 Å². The Kier molecular flexibility index (Phi) is 11.6. The van der Waals surface area contributed by atoms with Crippen LogP contribution in [0.15, 0.2) is 0 Å². The number of hydrogen-bond acceptors (Lipinski definition) is 6. The van der Waals surface area contributed by atoms with Gasteiger partial charge in [-0.3, -0.25) is 4.79 Å². The molecule has 8 unspecified atom stereocenters. The Morgan fingerprint density at radius 1 is 0.553 bits per heavy atom. The van der Waals surface area contributed by atoms with Crippen LogP contribution in [0.4, 0.5) is 70.2 Å². The highest BCUT2D eigenvalue weighted by atomic mass is 19.4. The SMILES string of the molecule is COCOC(F)(C1C2C(C)C(C)C1C(CC(OC(C)=O)(C(F)(F)F)C(F)(F)F)C2CC(OCOC)(C(F)(F)F)C(F)(F)F)C(F)(F)F. The molecule has 278 valence electrons. The zero-order chi connectivity index (χ0) is 37.0. The van der Waals surface area contributed by atoms with Gasteiger partial charge in [0.1, 0.15) is 13.6 Å². The highest BCUT2D eigenvalue weighted by Crippen LogP contribution is 2.71. The van der Waals surface area contributed by atoms with Gasteiger partial charge in [0.2, 0.25) is 0 Å². The Labute approximate surface area is 256 Å². The molecule has 2 rings (SSSR count). The molecule has 0 aromatic rings. The van der Waals surface area contributed by atoms with Crippen LogP contribution in [0.5, 0.6) is 0 Å². The van der Waals surface area contributed by atoms with Gasteiger partial charge in [-0.2, -0.15) is 65.9 Å². The third-order valence-electron chi connectivity index (χ3n) is 9.23. The minimum atomic E-state index is -6.69. The molecule has 2 aliphatic carbocycles. The summed E-state index contributed by atoms with van der Waals surface area (Å²) in [5, 5.41) is 0. The lowest BCUT2D eigenvalue weighted by Gasteiger charge is -2.47. The first-order valence-electron chi connectivity index (χ1n) is 13.4. The number of halogens is 16. The van der Waals surface area contributed by atoms with Gasteiger partial charge in [-0.15, -0.1) is 0 Å². The number of rotatable bonds is 12. The number of esters is 1. The van der Waals surface area contributed by atoms with Crippen molar-refractivity contribution in [2.45, 2.75) is 81.6 Å². The van der Waals surface area contributed by atoms with E-state index in [2.05, 4.69) is 23.7 Å². The van der Waals surface area contributed by atoms with Crippen LogP contribution >= 0.6 is 0 Å². The van der Waals surface area contributed by atoms with Crippen molar-refractivity contribution in [2.24, 2.45) is 41.4 Å². The molecule has 22 heteroatoms. The lowest BCUT2D eigenvalue weighted by molar-refractivity contribution is -0.400. The number of carbonyl (C=O) groups excluding carboxylic acids is 1. The maximum Gasteiger partial charge on any atom is 0.448 e. The Morgan fingerprint density at radius 3 is 1.19 bits per heavy atom. The summed E-state index contributed by atoms with van der Waals surface area (Å²) in [7, 11) is 1.25. The smallest absolute Gasteiger partial charge is 0.440 e. The number of fused-ring (bicyclic) bond motifs is 2. The summed E-state index contributed by atoms with van der Waals surface area (Å²) in [6.07, 6.45) is -38.1. The molecular formula is C25H30F16O6. The summed E-state index contributed by atoms with van der Waals surface area (Å²) in [6.45, 7) is -1.43. The highest BCUT2D eigenvalue weighted by Gasteiger charge is 2.82. The van der Waals surface area contributed by atoms with Gasteiger partial charge >= 0.3 is 48.3 Å². The van der Waals surface area contributed by atoms with E-state index in [0.717, 1.165) is 13.8 Å². The van der Waals surface area contributed by atoms with Gasteiger partial charge in [-0.25, -0.2) is 4.39 Å². The first kappa shape index (κ1) is 41.4. The summed E-state index contributed by atoms with van der Waals surface area (Å²) in [5.41, 5.74) is -11.1. The third kappa shape index (κ3) is 6.98. The van der Waals surface area contributed by atoms with Crippen LogP contribution in [-0.2, 0) is 28.5 Å². The van der Waals surface area contributed by atoms with Gasteiger partial charge in [-0.1, -0.05) is 13.8 Å². The van der Waals surface area contributed by atoms with Gasteiger partial charge in [0.15, 0.2) is 0 Å². The Morgan fingerprint density at radius 2 is 0.894 bits per heavy atom. The second-order valence-corrected chi connectivity index (χ2v) is 11.6. The molecule has 2 aliphatic rings. The number of hydrogen-bond donors (Lipinski definition) is 0. The summed E-state index contributed by atoms with van der Waals surface area (Å²) in [4.78, 5) is 11.6. The molecule has 0 aromatic carbocycles. The van der Waals surface area contributed by atoms with Crippen LogP contribution in [0.25, 0.3) is 0 Å². The number of methoxy groups -OCH3 is 2. The fourth-order valence-corrected chi connectivity index (χ4v) is 7.31. The van der Waals surface area contributed by atoms with Crippen molar-refractivity contribution in [1.82, 2.24) is 0 Å². The Hall–Kier alpha value is -1.81. The zero-order valence-electron chi connectivity index (χ0n) is 24.9. The van der Waals surface area contributed by atoms with Crippen LogP contribution in [0.1, 0.15) is 33.6 Å². The van der Waals surface area contributed by atoms with E-state index >= 15 is 4.39 Å². The molecule has 47 heavy (non-hydrogen) atoms. The number of alkyl halides is 16. The summed E-state index contributed by atoms with van der Waals surface area (Å²) in [6, 6.07) is 0. The first-order chi connectivity index (χ1) is 20.9. The molecule has 8 atom stereocenters. The normalized spacial score (nSPS) is 29.3. The van der Waals surface area contributed by atoms with E-state index in [4.69, 9.17) is 0 Å². The van der Waals surface area contributed by atoms with E-state index in [1.807, 2.05) is 0 Å². The second kappa shape index (κ2) is 13.1. The largest absolute Gasteiger partial charge is 0.448 e. The van der Waals surface area contributed by atoms with Gasteiger partial charge in [-0.05, 0) is 41.9 Å². The van der Waals surface area contributed by atoms with Crippen LogP contribution in [-0.4, -0.2) is 81.7 Å². The van der Waals surface area contributed by atoms with E-state index in [1.54, 1.807) is 0 Å². The zero-order valence-corrected chi connectivity index (χ0v) is 24.9. The van der Waals surface area contributed by atoms with E-state index in [1.165, 1.54) is 0 Å². The summed E-state index contributed by atoms with van der Waals surface area (Å²) < 4.78 is 251. The average Bonchev–Trinajstić information content (AvgIpc) is 3.30. The quantitative estimate of drug-likeness (QED) is 0.116. The van der Waals surface area contributed by atoms with Gasteiger partial charge < -0.3 is 23.7 Å². The number of carbonyl (C=O) groups is 1. The van der Waals surface area contributed by atoms with Crippen molar-refractivity contribution < 1.29 is 98.7 Å². The molecular weight excluding hydrogens is 700 g/mol. The fraction of sp³-hybridized carbons (Fsp3) is 0.960. The van der Waals surface area contributed by atoms with Crippen molar-refractivity contribution in [2.75, 3.05) is 27.8 Å². The standard InChI is InChI=1S/C25H30F16O6/c1-10-11(2)16-14(7-19(23(33,34)35,24(36,37)38)47-12(3)42)13(6-18(21(27,28)29,22(30,31)32)45-8-43-4)15(10)17(16)20(26,25(39,40)41)46-9-44-5/h10-11,13-17H,6-9H2,1-5H3.